The summed E-state index contributed by atoms with van der Waals surface area (Å²) in [7, 11) is 1.54. The standard InChI is InChI=1S/C14H15N3O3S/c1-8-3-4-9(11(5-8)20-2)10-6-13(19)16-14(21)17(10)7-12(15)18/h3-6H,7H2,1-2H3,(H2,15,18)(H,16,19,21). The second kappa shape index (κ2) is 5.92. The molecule has 0 saturated carbocycles. The summed E-state index contributed by atoms with van der Waals surface area (Å²) in [6.07, 6.45) is 0. The molecule has 0 fully saturated rings. The Bertz CT molecular complexity index is 808. The molecule has 1 heterocycles. The van der Waals surface area contributed by atoms with Crippen molar-refractivity contribution in [2.24, 2.45) is 5.73 Å². The molecule has 0 aliphatic rings. The SMILES string of the molecule is COc1cc(C)ccc1-c1cc(=O)[nH]c(=S)n1CC(N)=O. The number of hydrogen-bond donors (Lipinski definition) is 2. The number of H-pyrrole nitrogens is 1. The van der Waals surface area contributed by atoms with Crippen LogP contribution in [0.3, 0.4) is 0 Å². The molecule has 110 valence electrons. The highest BCUT2D eigenvalue weighted by atomic mass is 32.1. The summed E-state index contributed by atoms with van der Waals surface area (Å²) in [5, 5.41) is 0. The van der Waals surface area contributed by atoms with E-state index in [1.807, 2.05) is 25.1 Å². The van der Waals surface area contributed by atoms with Crippen molar-refractivity contribution in [1.82, 2.24) is 9.55 Å². The number of aromatic nitrogens is 2. The van der Waals surface area contributed by atoms with Crippen LogP contribution < -0.4 is 16.0 Å². The topological polar surface area (TPSA) is 90.1 Å². The third kappa shape index (κ3) is 3.19. The molecule has 7 heteroatoms. The van der Waals surface area contributed by atoms with Gasteiger partial charge in [0, 0.05) is 11.6 Å². The molecule has 0 saturated heterocycles. The number of carbonyl (C=O) groups excluding carboxylic acids is 1. The van der Waals surface area contributed by atoms with Gasteiger partial charge in [-0.15, -0.1) is 0 Å². The van der Waals surface area contributed by atoms with Gasteiger partial charge in [-0.25, -0.2) is 0 Å². The molecule has 2 aromatic rings. The van der Waals surface area contributed by atoms with Crippen molar-refractivity contribution in [3.63, 3.8) is 0 Å². The number of nitrogens with zero attached hydrogens (tertiary/aromatic N) is 1. The normalized spacial score (nSPS) is 10.4. The number of benzene rings is 1. The van der Waals surface area contributed by atoms with E-state index < -0.39 is 5.91 Å². The largest absolute Gasteiger partial charge is 0.496 e. The lowest BCUT2D eigenvalue weighted by Crippen LogP contribution is -2.23. The lowest BCUT2D eigenvalue weighted by atomic mass is 10.1. The first-order valence-corrected chi connectivity index (χ1v) is 6.60. The van der Waals surface area contributed by atoms with Crippen molar-refractivity contribution in [1.29, 1.82) is 0 Å². The van der Waals surface area contributed by atoms with Crippen LogP contribution in [0.4, 0.5) is 0 Å². The van der Waals surface area contributed by atoms with Gasteiger partial charge in [0.1, 0.15) is 12.3 Å². The van der Waals surface area contributed by atoms with E-state index in [1.165, 1.54) is 10.6 Å². The highest BCUT2D eigenvalue weighted by molar-refractivity contribution is 7.71. The molecule has 3 N–H and O–H groups in total. The van der Waals surface area contributed by atoms with Crippen molar-refractivity contribution in [2.45, 2.75) is 13.5 Å². The molecule has 21 heavy (non-hydrogen) atoms. The number of carbonyl (C=O) groups is 1. The van der Waals surface area contributed by atoms with Crippen LogP contribution in [-0.4, -0.2) is 22.6 Å². The second-order valence-corrected chi connectivity index (χ2v) is 4.97. The minimum atomic E-state index is -0.550. The van der Waals surface area contributed by atoms with E-state index in [0.29, 0.717) is 17.0 Å². The molecule has 0 bridgehead atoms. The van der Waals surface area contributed by atoms with Crippen LogP contribution in [0.25, 0.3) is 11.3 Å². The first-order valence-electron chi connectivity index (χ1n) is 6.20. The van der Waals surface area contributed by atoms with Crippen molar-refractivity contribution >= 4 is 18.1 Å². The van der Waals surface area contributed by atoms with E-state index in [2.05, 4.69) is 4.98 Å². The maximum absolute atomic E-state index is 11.7. The van der Waals surface area contributed by atoms with Gasteiger partial charge in [0.05, 0.1) is 12.8 Å². The monoisotopic (exact) mass is 305 g/mol. The van der Waals surface area contributed by atoms with E-state index in [4.69, 9.17) is 22.7 Å². The van der Waals surface area contributed by atoms with Gasteiger partial charge in [0.2, 0.25) is 5.91 Å². The zero-order valence-electron chi connectivity index (χ0n) is 11.7. The van der Waals surface area contributed by atoms with Crippen LogP contribution in [0.15, 0.2) is 29.1 Å². The number of aromatic amines is 1. The Morgan fingerprint density at radius 2 is 2.14 bits per heavy atom. The highest BCUT2D eigenvalue weighted by Crippen LogP contribution is 2.30. The molecule has 0 radical (unpaired) electrons. The molecular weight excluding hydrogens is 290 g/mol. The Balaban J connectivity index is 2.76. The van der Waals surface area contributed by atoms with Gasteiger partial charge in [-0.05, 0) is 36.8 Å². The van der Waals surface area contributed by atoms with Gasteiger partial charge in [-0.3, -0.25) is 14.6 Å². The number of aryl methyl sites for hydroxylation is 1. The Labute approximate surface area is 126 Å². The predicted molar refractivity (Wildman–Crippen MR) is 81.8 cm³/mol. The fourth-order valence-corrected chi connectivity index (χ4v) is 2.33. The van der Waals surface area contributed by atoms with Crippen molar-refractivity contribution in [2.75, 3.05) is 7.11 Å². The Morgan fingerprint density at radius 1 is 1.43 bits per heavy atom. The molecule has 0 spiro atoms. The van der Waals surface area contributed by atoms with E-state index in [1.54, 1.807) is 7.11 Å². The first-order chi connectivity index (χ1) is 9.92. The average molecular weight is 305 g/mol. The molecule has 0 atom stereocenters. The summed E-state index contributed by atoms with van der Waals surface area (Å²) >= 11 is 5.11. The maximum atomic E-state index is 11.7. The Hall–Kier alpha value is -2.41. The number of primary amides is 1. The first kappa shape index (κ1) is 15.0. The predicted octanol–water partition coefficient (Wildman–Crippen LogP) is 1.38. The number of rotatable bonds is 4. The summed E-state index contributed by atoms with van der Waals surface area (Å²) in [5.41, 5.74) is 7.06. The van der Waals surface area contributed by atoms with Crippen molar-refractivity contribution in [3.05, 3.63) is 45.0 Å². The van der Waals surface area contributed by atoms with Gasteiger partial charge >= 0.3 is 0 Å². The Kier molecular flexibility index (Phi) is 4.23. The van der Waals surface area contributed by atoms with Crippen LogP contribution in [-0.2, 0) is 11.3 Å². The summed E-state index contributed by atoms with van der Waals surface area (Å²) in [6.45, 7) is 1.81. The average Bonchev–Trinajstić information content (AvgIpc) is 2.41. The fourth-order valence-electron chi connectivity index (χ4n) is 2.07. The molecule has 1 aromatic carbocycles. The molecule has 0 aliphatic heterocycles. The van der Waals surface area contributed by atoms with Crippen LogP contribution >= 0.6 is 12.2 Å². The van der Waals surface area contributed by atoms with Crippen LogP contribution in [0.5, 0.6) is 5.75 Å². The quantitative estimate of drug-likeness (QED) is 0.835. The van der Waals surface area contributed by atoms with Crippen molar-refractivity contribution < 1.29 is 9.53 Å². The third-order valence-corrected chi connectivity index (χ3v) is 3.30. The van der Waals surface area contributed by atoms with E-state index >= 15 is 0 Å². The zero-order chi connectivity index (χ0) is 15.6. The van der Waals surface area contributed by atoms with Crippen LogP contribution in [0, 0.1) is 11.7 Å². The highest BCUT2D eigenvalue weighted by Gasteiger charge is 2.13. The maximum Gasteiger partial charge on any atom is 0.252 e. The number of hydrogen-bond acceptors (Lipinski definition) is 4. The van der Waals surface area contributed by atoms with Gasteiger partial charge in [0.15, 0.2) is 4.77 Å². The fraction of sp³-hybridized carbons (Fsp3) is 0.214. The van der Waals surface area contributed by atoms with E-state index in [9.17, 15) is 9.59 Å². The molecule has 0 unspecified atom stereocenters. The molecule has 6 nitrogen and oxygen atoms in total. The Morgan fingerprint density at radius 3 is 2.76 bits per heavy atom. The minimum Gasteiger partial charge on any atom is -0.496 e. The van der Waals surface area contributed by atoms with Gasteiger partial charge < -0.3 is 15.0 Å². The number of amides is 1. The lowest BCUT2D eigenvalue weighted by Gasteiger charge is -2.15. The van der Waals surface area contributed by atoms with Gasteiger partial charge in [0.25, 0.3) is 5.56 Å². The summed E-state index contributed by atoms with van der Waals surface area (Å²) in [5.74, 6) is 0.0405. The van der Waals surface area contributed by atoms with Crippen LogP contribution in [0.1, 0.15) is 5.56 Å². The van der Waals surface area contributed by atoms with Crippen LogP contribution in [0.2, 0.25) is 0 Å². The van der Waals surface area contributed by atoms with Gasteiger partial charge in [-0.1, -0.05) is 6.07 Å². The smallest absolute Gasteiger partial charge is 0.252 e. The third-order valence-electron chi connectivity index (χ3n) is 2.98. The minimum absolute atomic E-state index is 0.123. The summed E-state index contributed by atoms with van der Waals surface area (Å²) in [6, 6.07) is 6.91. The number of ether oxygens (including phenoxy) is 1. The van der Waals surface area contributed by atoms with E-state index in [0.717, 1.165) is 5.56 Å². The number of nitrogens with two attached hydrogens (primary N) is 1. The van der Waals surface area contributed by atoms with Gasteiger partial charge in [-0.2, -0.15) is 0 Å². The molecule has 1 aromatic heterocycles. The molecule has 1 amide bonds. The number of methoxy groups -OCH3 is 1. The molecule has 0 aliphatic carbocycles. The molecular formula is C14H15N3O3S. The molecule has 2 rings (SSSR count). The number of nitrogens with one attached hydrogen (secondary N) is 1. The van der Waals surface area contributed by atoms with E-state index in [-0.39, 0.29) is 16.9 Å². The second-order valence-electron chi connectivity index (χ2n) is 4.58. The summed E-state index contributed by atoms with van der Waals surface area (Å²) in [4.78, 5) is 25.4. The summed E-state index contributed by atoms with van der Waals surface area (Å²) < 4.78 is 6.96. The lowest BCUT2D eigenvalue weighted by molar-refractivity contribution is -0.118. The van der Waals surface area contributed by atoms with Crippen molar-refractivity contribution in [3.8, 4) is 17.0 Å². The zero-order valence-corrected chi connectivity index (χ0v) is 12.5.